The molecule has 0 radical (unpaired) electrons. The Morgan fingerprint density at radius 2 is 1.25 bits per heavy atom. The molecule has 0 bridgehead atoms. The molecule has 0 aromatic heterocycles. The third-order valence-corrected chi connectivity index (χ3v) is 0. The van der Waals surface area contributed by atoms with Crippen molar-refractivity contribution in [2.45, 2.75) is 0 Å². The van der Waals surface area contributed by atoms with Gasteiger partial charge in [-0.15, -0.1) is 0 Å². The van der Waals surface area contributed by atoms with Crippen LogP contribution in [-0.2, 0) is 30.7 Å². The van der Waals surface area contributed by atoms with Crippen molar-refractivity contribution in [3.63, 3.8) is 0 Å². The molecule has 0 aliphatic heterocycles. The van der Waals surface area contributed by atoms with Crippen LogP contribution in [0, 0.1) is 0 Å². The molecule has 6 N–H and O–H groups in total. The zero-order valence-corrected chi connectivity index (χ0v) is 5.87. The van der Waals surface area contributed by atoms with Crippen LogP contribution in [0.5, 0.6) is 0 Å². The molecule has 0 aliphatic rings. The quantitative estimate of drug-likeness (QED) is 0.290. The molecule has 0 unspecified atom stereocenters. The zero-order chi connectivity index (χ0) is 7.21. The van der Waals surface area contributed by atoms with Crippen molar-refractivity contribution in [2.24, 2.45) is 8.27 Å². The summed E-state index contributed by atoms with van der Waals surface area (Å²) in [4.78, 5) is 0. The topological polar surface area (TPSA) is 127 Å². The molecule has 0 saturated heterocycles. The van der Waals surface area contributed by atoms with Gasteiger partial charge in [0.05, 0.1) is 0 Å². The van der Waals surface area contributed by atoms with Crippen LogP contribution < -0.4 is 8.27 Å². The van der Waals surface area contributed by atoms with Crippen molar-refractivity contribution < 1.29 is 37.8 Å². The summed E-state index contributed by atoms with van der Waals surface area (Å²) >= 11 is 0.0700. The van der Waals surface area contributed by atoms with Gasteiger partial charge in [-0.3, -0.25) is 9.11 Å². The monoisotopic (exact) mass is 237 g/mol. The van der Waals surface area contributed by atoms with Gasteiger partial charge in [-0.1, -0.05) is 0 Å². The van der Waals surface area contributed by atoms with Crippen LogP contribution in [0.1, 0.15) is 0 Å². The average Bonchev–Trinajstić information content (AvgIpc) is 1.27. The minimum absolute atomic E-state index is 0.0700. The predicted molar refractivity (Wildman–Crippen MR) is 22.6 cm³/mol. The van der Waals surface area contributed by atoms with Crippen molar-refractivity contribution in [2.75, 3.05) is 0 Å². The van der Waals surface area contributed by atoms with E-state index >= 15 is 0 Å². The normalized spacial score (nSPS) is 10.0. The van der Waals surface area contributed by atoms with E-state index in [9.17, 15) is 0 Å². The number of hydrogen-bond acceptors (Lipinski definition) is 4. The molecule has 0 aromatic rings. The van der Waals surface area contributed by atoms with Crippen molar-refractivity contribution in [3.05, 3.63) is 0 Å². The van der Waals surface area contributed by atoms with E-state index in [4.69, 9.17) is 17.5 Å². The standard InChI is InChI=1S/Ag.2H2N.H2O4S/c;;;1-5(2,3)4/h;2*1H2;(H2,1,2,3,4)/q+2;2*-1;. The first-order valence-electron chi connectivity index (χ1n) is 1.05. The van der Waals surface area contributed by atoms with Crippen molar-refractivity contribution in [1.29, 1.82) is 0 Å². The van der Waals surface area contributed by atoms with Crippen molar-refractivity contribution in [3.8, 4) is 0 Å². The summed E-state index contributed by atoms with van der Waals surface area (Å²) in [5.74, 6) is 0. The van der Waals surface area contributed by atoms with Crippen LogP contribution >= 0.6 is 0 Å². The number of hydrogen-bond donors (Lipinski definition) is 4. The fourth-order valence-electron chi connectivity index (χ4n) is 0. The summed E-state index contributed by atoms with van der Waals surface area (Å²) in [5.41, 5.74) is 0. The summed E-state index contributed by atoms with van der Waals surface area (Å²) in [7, 11) is -4.67. The van der Waals surface area contributed by atoms with Gasteiger partial charge in [0.15, 0.2) is 0 Å². The van der Waals surface area contributed by atoms with E-state index in [0.29, 0.717) is 0 Å². The second kappa shape index (κ2) is 5.66. The van der Waals surface area contributed by atoms with Gasteiger partial charge in [0, 0.05) is 0 Å². The van der Waals surface area contributed by atoms with E-state index in [1.54, 1.807) is 0 Å². The molecule has 57 valence electrons. The average molecular weight is 238 g/mol. The minimum atomic E-state index is -4.67. The molecule has 0 heterocycles. The summed E-state index contributed by atoms with van der Waals surface area (Å²) in [6.45, 7) is 0. The fraction of sp³-hybridized carbons (Fsp3) is 0. The molecule has 8 heavy (non-hydrogen) atoms. The molecular formula is H6AgN2O4S. The predicted octanol–water partition coefficient (Wildman–Crippen LogP) is -1.84. The number of nitrogens with two attached hydrogens (primary N) is 2. The first kappa shape index (κ1) is 11.3. The van der Waals surface area contributed by atoms with Crippen LogP contribution in [0.25, 0.3) is 0 Å². The van der Waals surface area contributed by atoms with Gasteiger partial charge in [-0.25, -0.2) is 0 Å². The Bertz CT molecular complexity index is 108. The Morgan fingerprint density at radius 1 is 1.25 bits per heavy atom. The van der Waals surface area contributed by atoms with Crippen LogP contribution in [0.15, 0.2) is 0 Å². The first-order chi connectivity index (χ1) is 3.41. The van der Waals surface area contributed by atoms with Gasteiger partial charge in [-0.05, 0) is 0 Å². The molecule has 0 spiro atoms. The van der Waals surface area contributed by atoms with E-state index in [1.807, 2.05) is 0 Å². The fourth-order valence-corrected chi connectivity index (χ4v) is 0. The van der Waals surface area contributed by atoms with E-state index in [1.165, 1.54) is 0 Å². The number of rotatable bonds is 0. The van der Waals surface area contributed by atoms with E-state index in [-0.39, 0.29) is 20.3 Å². The Hall–Kier alpha value is 0.530. The van der Waals surface area contributed by atoms with Gasteiger partial charge >= 0.3 is 39.0 Å². The van der Waals surface area contributed by atoms with Gasteiger partial charge in [0.25, 0.3) is 0 Å². The van der Waals surface area contributed by atoms with Gasteiger partial charge < -0.3 is 0 Å². The second-order valence-electron chi connectivity index (χ2n) is 0.548. The first-order valence-corrected chi connectivity index (χ1v) is 4.16. The van der Waals surface area contributed by atoms with Crippen LogP contribution in [0.3, 0.4) is 0 Å². The third kappa shape index (κ3) is 710. The zero-order valence-electron chi connectivity index (χ0n) is 3.58. The van der Waals surface area contributed by atoms with Crippen LogP contribution in [-0.4, -0.2) is 17.5 Å². The van der Waals surface area contributed by atoms with E-state index in [2.05, 4.69) is 8.27 Å². The molecule has 0 saturated carbocycles. The van der Waals surface area contributed by atoms with Gasteiger partial charge in [-0.2, -0.15) is 8.42 Å². The molecule has 0 fully saturated rings. The molecule has 0 rings (SSSR count). The Morgan fingerprint density at radius 3 is 1.25 bits per heavy atom. The summed E-state index contributed by atoms with van der Waals surface area (Å²) in [6.07, 6.45) is 0. The molecular weight excluding hydrogens is 232 g/mol. The van der Waals surface area contributed by atoms with Crippen molar-refractivity contribution >= 4 is 10.4 Å². The van der Waals surface area contributed by atoms with E-state index < -0.39 is 10.4 Å². The van der Waals surface area contributed by atoms with E-state index in [0.717, 1.165) is 0 Å². The molecule has 0 atom stereocenters. The molecule has 6 nitrogen and oxygen atoms in total. The molecule has 8 heteroatoms. The van der Waals surface area contributed by atoms with Gasteiger partial charge in [0.2, 0.25) is 0 Å². The maximum absolute atomic E-state index is 8.74. The van der Waals surface area contributed by atoms with Gasteiger partial charge in [0.1, 0.15) is 0 Å². The maximum atomic E-state index is 8.74. The molecule has 0 amide bonds. The van der Waals surface area contributed by atoms with Crippen molar-refractivity contribution in [1.82, 2.24) is 0 Å². The second-order valence-corrected chi connectivity index (χ2v) is 1.94. The summed E-state index contributed by atoms with van der Waals surface area (Å²) < 4.78 is 40.9. The third-order valence-electron chi connectivity index (χ3n) is 0. The van der Waals surface area contributed by atoms with Crippen LogP contribution in [0.2, 0.25) is 0 Å². The Balaban J connectivity index is 0. The summed E-state index contributed by atoms with van der Waals surface area (Å²) in [6, 6.07) is 0. The Labute approximate surface area is 56.8 Å². The van der Waals surface area contributed by atoms with Crippen LogP contribution in [0.4, 0.5) is 0 Å². The molecule has 0 aromatic carbocycles. The Kier molecular flexibility index (Phi) is 8.03. The SMILES string of the molecule is O=S(=O)(O)O.[NH2][Ag][NH2]. The summed E-state index contributed by atoms with van der Waals surface area (Å²) in [5, 5.41) is 0. The molecule has 0 aliphatic carbocycles.